The molecular weight excluding hydrogens is 352 g/mol. The Morgan fingerprint density at radius 2 is 2.23 bits per heavy atom. The van der Waals surface area contributed by atoms with Gasteiger partial charge in [-0.1, -0.05) is 6.08 Å². The zero-order valence-electron chi connectivity index (χ0n) is 14.0. The molecule has 2 N–H and O–H groups in total. The van der Waals surface area contributed by atoms with Gasteiger partial charge in [-0.05, 0) is 36.5 Å². The summed E-state index contributed by atoms with van der Waals surface area (Å²) in [7, 11) is 1.52. The standard InChI is InChI=1S/C18H16N4O3S/c1-3-8-22-17(24)13-6-4-11(9-14(13)21-18(22)26)16(23)20-12-5-7-15(25-2)19-10-12/h3-7,9-10H,1,8H2,2H3,(H,20,23)(H,21,26). The van der Waals surface area contributed by atoms with Gasteiger partial charge in [0.25, 0.3) is 11.5 Å². The molecule has 2 heterocycles. The first-order valence-electron chi connectivity index (χ1n) is 7.72. The van der Waals surface area contributed by atoms with Crippen molar-refractivity contribution in [3.63, 3.8) is 0 Å². The Morgan fingerprint density at radius 3 is 2.88 bits per heavy atom. The number of nitrogens with zero attached hydrogens (tertiary/aromatic N) is 2. The third-order valence-electron chi connectivity index (χ3n) is 3.76. The molecule has 3 aromatic rings. The van der Waals surface area contributed by atoms with Crippen LogP contribution in [0.5, 0.6) is 5.88 Å². The van der Waals surface area contributed by atoms with Crippen LogP contribution in [-0.2, 0) is 6.54 Å². The summed E-state index contributed by atoms with van der Waals surface area (Å²) >= 11 is 5.21. The number of nitrogens with one attached hydrogen (secondary N) is 2. The molecule has 0 radical (unpaired) electrons. The number of rotatable bonds is 5. The number of benzene rings is 1. The Morgan fingerprint density at radius 1 is 1.42 bits per heavy atom. The quantitative estimate of drug-likeness (QED) is 0.534. The van der Waals surface area contributed by atoms with Crippen molar-refractivity contribution in [3.8, 4) is 5.88 Å². The molecule has 0 atom stereocenters. The number of hydrogen-bond donors (Lipinski definition) is 2. The molecule has 0 unspecified atom stereocenters. The van der Waals surface area contributed by atoms with Crippen LogP contribution in [0.25, 0.3) is 10.9 Å². The fourth-order valence-electron chi connectivity index (χ4n) is 2.47. The number of allylic oxidation sites excluding steroid dienone is 1. The second-order valence-electron chi connectivity index (χ2n) is 5.44. The van der Waals surface area contributed by atoms with Gasteiger partial charge in [-0.2, -0.15) is 0 Å². The van der Waals surface area contributed by atoms with E-state index in [1.165, 1.54) is 17.9 Å². The molecule has 0 fully saturated rings. The second kappa shape index (κ2) is 7.32. The molecule has 0 aliphatic carbocycles. The highest BCUT2D eigenvalue weighted by Crippen LogP contribution is 2.15. The van der Waals surface area contributed by atoms with E-state index in [2.05, 4.69) is 21.9 Å². The molecule has 132 valence electrons. The third kappa shape index (κ3) is 3.40. The van der Waals surface area contributed by atoms with Crippen molar-refractivity contribution >= 4 is 34.7 Å². The summed E-state index contributed by atoms with van der Waals surface area (Å²) in [6.45, 7) is 3.94. The number of anilines is 1. The first kappa shape index (κ1) is 17.6. The smallest absolute Gasteiger partial charge is 0.262 e. The molecular formula is C18H16N4O3S. The van der Waals surface area contributed by atoms with Crippen molar-refractivity contribution in [2.75, 3.05) is 12.4 Å². The maximum Gasteiger partial charge on any atom is 0.262 e. The van der Waals surface area contributed by atoms with Crippen LogP contribution in [0.15, 0.2) is 54.0 Å². The van der Waals surface area contributed by atoms with Crippen molar-refractivity contribution in [3.05, 3.63) is 69.9 Å². The minimum Gasteiger partial charge on any atom is -0.481 e. The number of H-pyrrole nitrogens is 1. The minimum absolute atomic E-state index is 0.227. The second-order valence-corrected chi connectivity index (χ2v) is 5.83. The molecule has 1 aromatic carbocycles. The van der Waals surface area contributed by atoms with Crippen LogP contribution in [0.2, 0.25) is 0 Å². The summed E-state index contributed by atoms with van der Waals surface area (Å²) in [5, 5.41) is 3.19. The number of pyridine rings is 1. The van der Waals surface area contributed by atoms with E-state index in [1.807, 2.05) is 0 Å². The largest absolute Gasteiger partial charge is 0.481 e. The van der Waals surface area contributed by atoms with E-state index in [1.54, 1.807) is 36.4 Å². The molecule has 0 saturated carbocycles. The topological polar surface area (TPSA) is 89.0 Å². The summed E-state index contributed by atoms with van der Waals surface area (Å²) in [4.78, 5) is 31.9. The van der Waals surface area contributed by atoms with Crippen molar-refractivity contribution in [1.82, 2.24) is 14.5 Å². The first-order chi connectivity index (χ1) is 12.5. The molecule has 26 heavy (non-hydrogen) atoms. The highest BCUT2D eigenvalue weighted by molar-refractivity contribution is 7.71. The van der Waals surface area contributed by atoms with Crippen molar-refractivity contribution in [1.29, 1.82) is 0 Å². The lowest BCUT2D eigenvalue weighted by molar-refractivity contribution is 0.102. The van der Waals surface area contributed by atoms with Gasteiger partial charge in [-0.3, -0.25) is 14.2 Å². The number of carbonyl (C=O) groups excluding carboxylic acids is 1. The van der Waals surface area contributed by atoms with Crippen LogP contribution in [0.1, 0.15) is 10.4 Å². The molecule has 0 bridgehead atoms. The van der Waals surface area contributed by atoms with E-state index >= 15 is 0 Å². The van der Waals surface area contributed by atoms with E-state index in [-0.39, 0.29) is 16.2 Å². The zero-order valence-corrected chi connectivity index (χ0v) is 14.8. The summed E-state index contributed by atoms with van der Waals surface area (Å²) in [5.41, 5.74) is 1.20. The Hall–Kier alpha value is -3.26. The predicted molar refractivity (Wildman–Crippen MR) is 102 cm³/mol. The average Bonchev–Trinajstić information content (AvgIpc) is 2.65. The van der Waals surface area contributed by atoms with E-state index in [0.717, 1.165) is 0 Å². The SMILES string of the molecule is C=CCn1c(=S)[nH]c2cc(C(=O)Nc3ccc(OC)nc3)ccc2c1=O. The van der Waals surface area contributed by atoms with Crippen molar-refractivity contribution in [2.45, 2.75) is 6.54 Å². The molecule has 1 amide bonds. The van der Waals surface area contributed by atoms with E-state index in [4.69, 9.17) is 17.0 Å². The van der Waals surface area contributed by atoms with Crippen LogP contribution in [-0.4, -0.2) is 27.6 Å². The maximum atomic E-state index is 12.5. The number of carbonyl (C=O) groups is 1. The molecule has 2 aromatic heterocycles. The van der Waals surface area contributed by atoms with Crippen molar-refractivity contribution < 1.29 is 9.53 Å². The fraction of sp³-hybridized carbons (Fsp3) is 0.111. The zero-order chi connectivity index (χ0) is 18.7. The highest BCUT2D eigenvalue weighted by atomic mass is 32.1. The average molecular weight is 368 g/mol. The van der Waals surface area contributed by atoms with Gasteiger partial charge in [0.1, 0.15) is 0 Å². The van der Waals surface area contributed by atoms with Crippen LogP contribution >= 0.6 is 12.2 Å². The number of hydrogen-bond acceptors (Lipinski definition) is 5. The molecule has 3 rings (SSSR count). The lowest BCUT2D eigenvalue weighted by Gasteiger charge is -2.08. The Bertz CT molecular complexity index is 1100. The summed E-state index contributed by atoms with van der Waals surface area (Å²) in [6.07, 6.45) is 3.10. The summed E-state index contributed by atoms with van der Waals surface area (Å²) in [6, 6.07) is 8.12. The Kier molecular flexibility index (Phi) is 4.94. The predicted octanol–water partition coefficient (Wildman–Crippen LogP) is 2.90. The summed E-state index contributed by atoms with van der Waals surface area (Å²) in [5.74, 6) is 0.130. The number of aromatic amines is 1. The van der Waals surface area contributed by atoms with Crippen LogP contribution in [0.4, 0.5) is 5.69 Å². The molecule has 0 saturated heterocycles. The van der Waals surface area contributed by atoms with E-state index < -0.39 is 0 Å². The van der Waals surface area contributed by atoms with Gasteiger partial charge in [0.2, 0.25) is 5.88 Å². The maximum absolute atomic E-state index is 12.5. The Balaban J connectivity index is 1.94. The van der Waals surface area contributed by atoms with Crippen LogP contribution in [0.3, 0.4) is 0 Å². The van der Waals surface area contributed by atoms with Gasteiger partial charge < -0.3 is 15.0 Å². The van der Waals surface area contributed by atoms with Gasteiger partial charge in [0, 0.05) is 18.2 Å². The van der Waals surface area contributed by atoms with Gasteiger partial charge >= 0.3 is 0 Å². The number of methoxy groups -OCH3 is 1. The first-order valence-corrected chi connectivity index (χ1v) is 8.13. The van der Waals surface area contributed by atoms with Crippen LogP contribution < -0.4 is 15.6 Å². The molecule has 0 aliphatic heterocycles. The van der Waals surface area contributed by atoms with Gasteiger partial charge in [-0.25, -0.2) is 4.98 Å². The number of amides is 1. The normalized spacial score (nSPS) is 10.5. The number of aromatic nitrogens is 3. The summed E-state index contributed by atoms with van der Waals surface area (Å²) < 4.78 is 6.67. The number of ether oxygens (including phenoxy) is 1. The lowest BCUT2D eigenvalue weighted by Crippen LogP contribution is -2.22. The molecule has 8 heteroatoms. The minimum atomic E-state index is -0.326. The monoisotopic (exact) mass is 368 g/mol. The van der Waals surface area contributed by atoms with Crippen molar-refractivity contribution in [2.24, 2.45) is 0 Å². The van der Waals surface area contributed by atoms with Gasteiger partial charge in [0.05, 0.1) is 29.9 Å². The van der Waals surface area contributed by atoms with Gasteiger partial charge in [0.15, 0.2) is 4.77 Å². The molecule has 7 nitrogen and oxygen atoms in total. The fourth-order valence-corrected chi connectivity index (χ4v) is 2.74. The molecule has 0 aliphatic rings. The Labute approximate surface area is 154 Å². The molecule has 0 spiro atoms. The van der Waals surface area contributed by atoms with E-state index in [9.17, 15) is 9.59 Å². The number of fused-ring (bicyclic) bond motifs is 1. The van der Waals surface area contributed by atoms with Crippen LogP contribution in [0, 0.1) is 4.77 Å². The van der Waals surface area contributed by atoms with E-state index in [0.29, 0.717) is 34.6 Å². The highest BCUT2D eigenvalue weighted by Gasteiger charge is 2.10. The lowest BCUT2D eigenvalue weighted by atomic mass is 10.1. The van der Waals surface area contributed by atoms with Gasteiger partial charge in [-0.15, -0.1) is 6.58 Å². The third-order valence-corrected chi connectivity index (χ3v) is 4.08.